The summed E-state index contributed by atoms with van der Waals surface area (Å²) in [6, 6.07) is 13.2. The number of amides is 1. The number of ether oxygens (including phenoxy) is 2. The maximum absolute atomic E-state index is 12.5. The van der Waals surface area contributed by atoms with E-state index in [1.165, 1.54) is 0 Å². The van der Waals surface area contributed by atoms with Crippen LogP contribution >= 0.6 is 0 Å². The molecule has 124 valence electrons. The summed E-state index contributed by atoms with van der Waals surface area (Å²) in [5, 5.41) is 13.6. The molecule has 1 heterocycles. The molecule has 5 heteroatoms. The van der Waals surface area contributed by atoms with Gasteiger partial charge in [-0.05, 0) is 23.3 Å². The van der Waals surface area contributed by atoms with Crippen LogP contribution in [-0.4, -0.2) is 36.4 Å². The lowest BCUT2D eigenvalue weighted by Gasteiger charge is -2.24. The van der Waals surface area contributed by atoms with E-state index in [0.717, 1.165) is 11.1 Å². The van der Waals surface area contributed by atoms with Gasteiger partial charge < -0.3 is 19.9 Å². The van der Waals surface area contributed by atoms with Gasteiger partial charge >= 0.3 is 0 Å². The molecule has 0 spiro atoms. The minimum absolute atomic E-state index is 0.199. The van der Waals surface area contributed by atoms with Gasteiger partial charge in [0.25, 0.3) is 5.91 Å². The molecule has 0 radical (unpaired) electrons. The van der Waals surface area contributed by atoms with Crippen LogP contribution in [0.2, 0.25) is 0 Å². The minimum atomic E-state index is -0.939. The van der Waals surface area contributed by atoms with Gasteiger partial charge in [0.05, 0.1) is 11.2 Å². The molecule has 0 bridgehead atoms. The van der Waals surface area contributed by atoms with Crippen molar-refractivity contribution in [2.24, 2.45) is 0 Å². The first-order valence-corrected chi connectivity index (χ1v) is 8.11. The van der Waals surface area contributed by atoms with Crippen LogP contribution < -0.4 is 14.8 Å². The molecule has 24 heavy (non-hydrogen) atoms. The fraction of sp³-hybridized carbons (Fsp3) is 0.316. The van der Waals surface area contributed by atoms with E-state index in [1.807, 2.05) is 24.3 Å². The zero-order valence-corrected chi connectivity index (χ0v) is 13.2. The molecule has 4 rings (SSSR count). The average molecular weight is 325 g/mol. The molecule has 5 nitrogen and oxygen atoms in total. The highest BCUT2D eigenvalue weighted by Crippen LogP contribution is 2.34. The summed E-state index contributed by atoms with van der Waals surface area (Å²) in [5.74, 6) is 0.797. The molecule has 0 atom stereocenters. The van der Waals surface area contributed by atoms with Gasteiger partial charge in [-0.25, -0.2) is 0 Å². The fourth-order valence-corrected chi connectivity index (χ4v) is 3.39. The highest BCUT2D eigenvalue weighted by Gasteiger charge is 2.35. The maximum atomic E-state index is 12.5. The zero-order valence-electron chi connectivity index (χ0n) is 13.2. The Morgan fingerprint density at radius 2 is 1.75 bits per heavy atom. The first-order chi connectivity index (χ1) is 11.6. The second kappa shape index (κ2) is 5.83. The summed E-state index contributed by atoms with van der Waals surface area (Å²) in [4.78, 5) is 12.5. The molecule has 1 amide bonds. The van der Waals surface area contributed by atoms with Crippen LogP contribution in [0.5, 0.6) is 11.5 Å². The Bertz CT molecular complexity index is 762. The average Bonchev–Trinajstić information content (AvgIpc) is 2.96. The summed E-state index contributed by atoms with van der Waals surface area (Å²) in [6.07, 6.45) is 1.10. The molecule has 1 aliphatic heterocycles. The predicted octanol–water partition coefficient (Wildman–Crippen LogP) is 1.72. The molecular formula is C19H19NO4. The second-order valence-corrected chi connectivity index (χ2v) is 6.36. The third-order valence-electron chi connectivity index (χ3n) is 4.55. The lowest BCUT2D eigenvalue weighted by Crippen LogP contribution is -2.43. The molecule has 2 aromatic rings. The monoisotopic (exact) mass is 325 g/mol. The topological polar surface area (TPSA) is 67.8 Å². The summed E-state index contributed by atoms with van der Waals surface area (Å²) in [6.45, 7) is 1.11. The summed E-state index contributed by atoms with van der Waals surface area (Å²) in [7, 11) is 0. The number of hydrogen-bond acceptors (Lipinski definition) is 4. The third-order valence-corrected chi connectivity index (χ3v) is 4.55. The van der Waals surface area contributed by atoms with Gasteiger partial charge in [0.15, 0.2) is 11.5 Å². The molecule has 0 aromatic heterocycles. The number of fused-ring (bicyclic) bond motifs is 2. The van der Waals surface area contributed by atoms with Crippen molar-refractivity contribution in [2.75, 3.05) is 19.8 Å². The van der Waals surface area contributed by atoms with Crippen molar-refractivity contribution >= 4 is 5.91 Å². The van der Waals surface area contributed by atoms with E-state index in [-0.39, 0.29) is 12.5 Å². The van der Waals surface area contributed by atoms with E-state index in [9.17, 15) is 9.90 Å². The summed E-state index contributed by atoms with van der Waals surface area (Å²) in [5.41, 5.74) is 1.78. The highest BCUT2D eigenvalue weighted by atomic mass is 16.6. The minimum Gasteiger partial charge on any atom is -0.486 e. The van der Waals surface area contributed by atoms with Crippen LogP contribution in [0, 0.1) is 0 Å². The molecule has 0 saturated carbocycles. The molecule has 0 saturated heterocycles. The van der Waals surface area contributed by atoms with Gasteiger partial charge in [-0.15, -0.1) is 0 Å². The van der Waals surface area contributed by atoms with Gasteiger partial charge in [0.1, 0.15) is 13.2 Å². The van der Waals surface area contributed by atoms with E-state index in [2.05, 4.69) is 5.32 Å². The van der Waals surface area contributed by atoms with Crippen molar-refractivity contribution in [1.29, 1.82) is 0 Å². The van der Waals surface area contributed by atoms with Crippen LogP contribution in [0.1, 0.15) is 21.5 Å². The number of benzene rings is 2. The molecule has 2 aliphatic rings. The Labute approximate surface area is 140 Å². The summed E-state index contributed by atoms with van der Waals surface area (Å²) >= 11 is 0. The van der Waals surface area contributed by atoms with E-state index in [1.54, 1.807) is 18.2 Å². The molecule has 2 N–H and O–H groups in total. The third kappa shape index (κ3) is 2.71. The molecule has 0 fully saturated rings. The normalized spacial score (nSPS) is 17.2. The second-order valence-electron chi connectivity index (χ2n) is 6.36. The standard InChI is InChI=1S/C19H19NO4/c21-18(15-6-3-7-16-17(15)24-9-8-23-16)20-12-19(22)10-13-4-1-2-5-14(13)11-19/h1-7,22H,8-12H2,(H,20,21). The van der Waals surface area contributed by atoms with Crippen LogP contribution in [0.4, 0.5) is 0 Å². The fourth-order valence-electron chi connectivity index (χ4n) is 3.39. The Hall–Kier alpha value is -2.53. The van der Waals surface area contributed by atoms with Crippen molar-refractivity contribution in [1.82, 2.24) is 5.32 Å². The smallest absolute Gasteiger partial charge is 0.255 e. The number of rotatable bonds is 3. The van der Waals surface area contributed by atoms with Crippen molar-refractivity contribution < 1.29 is 19.4 Å². The number of nitrogens with one attached hydrogen (secondary N) is 1. The Morgan fingerprint density at radius 3 is 2.50 bits per heavy atom. The first kappa shape index (κ1) is 15.0. The van der Waals surface area contributed by atoms with Crippen molar-refractivity contribution in [3.8, 4) is 11.5 Å². The van der Waals surface area contributed by atoms with E-state index in [4.69, 9.17) is 9.47 Å². The summed E-state index contributed by atoms with van der Waals surface area (Å²) < 4.78 is 11.1. The zero-order chi connectivity index (χ0) is 16.6. The molecule has 0 unspecified atom stereocenters. The van der Waals surface area contributed by atoms with Crippen molar-refractivity contribution in [3.63, 3.8) is 0 Å². The number of carbonyl (C=O) groups excluding carboxylic acids is 1. The van der Waals surface area contributed by atoms with Crippen LogP contribution in [0.3, 0.4) is 0 Å². The van der Waals surface area contributed by atoms with Gasteiger partial charge in [0, 0.05) is 19.4 Å². The van der Waals surface area contributed by atoms with E-state index in [0.29, 0.717) is 43.1 Å². The van der Waals surface area contributed by atoms with Crippen LogP contribution in [-0.2, 0) is 12.8 Å². The lowest BCUT2D eigenvalue weighted by molar-refractivity contribution is 0.0478. The predicted molar refractivity (Wildman–Crippen MR) is 88.6 cm³/mol. The molecule has 1 aliphatic carbocycles. The Balaban J connectivity index is 1.46. The van der Waals surface area contributed by atoms with Gasteiger partial charge in [-0.2, -0.15) is 0 Å². The number of carbonyl (C=O) groups is 1. The largest absolute Gasteiger partial charge is 0.486 e. The van der Waals surface area contributed by atoms with E-state index >= 15 is 0 Å². The SMILES string of the molecule is O=C(NCC1(O)Cc2ccccc2C1)c1cccc2c1OCCO2. The van der Waals surface area contributed by atoms with Crippen LogP contribution in [0.15, 0.2) is 42.5 Å². The van der Waals surface area contributed by atoms with E-state index < -0.39 is 5.60 Å². The van der Waals surface area contributed by atoms with Gasteiger partial charge in [-0.1, -0.05) is 30.3 Å². The Morgan fingerprint density at radius 1 is 1.04 bits per heavy atom. The molecular weight excluding hydrogens is 306 g/mol. The number of aliphatic hydroxyl groups is 1. The highest BCUT2D eigenvalue weighted by molar-refractivity contribution is 5.97. The van der Waals surface area contributed by atoms with Crippen molar-refractivity contribution in [2.45, 2.75) is 18.4 Å². The maximum Gasteiger partial charge on any atom is 0.255 e. The molecule has 2 aromatic carbocycles. The van der Waals surface area contributed by atoms with Crippen molar-refractivity contribution in [3.05, 3.63) is 59.2 Å². The lowest BCUT2D eigenvalue weighted by atomic mass is 10.0. The number of hydrogen-bond donors (Lipinski definition) is 2. The van der Waals surface area contributed by atoms with Gasteiger partial charge in [0.2, 0.25) is 0 Å². The number of para-hydroxylation sites is 1. The van der Waals surface area contributed by atoms with Gasteiger partial charge in [-0.3, -0.25) is 4.79 Å². The van der Waals surface area contributed by atoms with Crippen LogP contribution in [0.25, 0.3) is 0 Å². The quantitative estimate of drug-likeness (QED) is 0.902. The Kier molecular flexibility index (Phi) is 3.65. The first-order valence-electron chi connectivity index (χ1n) is 8.11.